The first-order valence-electron chi connectivity index (χ1n) is 10.9. The molecule has 0 atom stereocenters. The van der Waals surface area contributed by atoms with Crippen LogP contribution in [0.1, 0.15) is 51.4 Å². The van der Waals surface area contributed by atoms with E-state index < -0.39 is 94.6 Å². The summed E-state index contributed by atoms with van der Waals surface area (Å²) in [5.41, 5.74) is -3.87. The highest BCUT2D eigenvalue weighted by Crippen LogP contribution is 2.59. The van der Waals surface area contributed by atoms with E-state index in [2.05, 4.69) is 0 Å². The topological polar surface area (TPSA) is 0 Å². The van der Waals surface area contributed by atoms with Crippen molar-refractivity contribution in [1.29, 1.82) is 0 Å². The van der Waals surface area contributed by atoms with Gasteiger partial charge in [0.1, 0.15) is 23.3 Å². The van der Waals surface area contributed by atoms with Crippen molar-refractivity contribution in [1.82, 2.24) is 0 Å². The summed E-state index contributed by atoms with van der Waals surface area (Å²) in [7, 11) is -1.98. The van der Waals surface area contributed by atoms with Crippen molar-refractivity contribution >= 4 is 25.2 Å². The first-order chi connectivity index (χ1) is 16.1. The number of rotatable bonds is 5. The highest BCUT2D eigenvalue weighted by atomic mass is 31.1. The van der Waals surface area contributed by atoms with Crippen LogP contribution in [0.25, 0.3) is 0 Å². The minimum absolute atomic E-state index is 0.395. The van der Waals surface area contributed by atoms with Gasteiger partial charge < -0.3 is 0 Å². The Morgan fingerprint density at radius 3 is 0.912 bits per heavy atom. The largest absolute Gasteiger partial charge is 0.293 e. The summed E-state index contributed by atoms with van der Waals surface area (Å²) in [6, 6.07) is 0. The molecule has 12 heteroatoms. The summed E-state index contributed by atoms with van der Waals surface area (Å²) in [4.78, 5) is 0. The lowest BCUT2D eigenvalue weighted by molar-refractivity contribution is 0.382. The highest BCUT2D eigenvalue weighted by Gasteiger charge is 2.38. The predicted octanol–water partition coefficient (Wildman–Crippen LogP) is 6.55. The van der Waals surface area contributed by atoms with Crippen molar-refractivity contribution in [2.45, 2.75) is 62.7 Å². The molecule has 0 amide bonds. The van der Waals surface area contributed by atoms with Crippen LogP contribution in [0.15, 0.2) is 0 Å². The van der Waals surface area contributed by atoms with Crippen LogP contribution in [0.5, 0.6) is 0 Å². The van der Waals surface area contributed by atoms with Crippen LogP contribution >= 0.6 is 7.80 Å². The molecule has 0 aromatic heterocycles. The van der Waals surface area contributed by atoms with Gasteiger partial charge in [-0.3, -0.25) is 7.80 Å². The van der Waals surface area contributed by atoms with Gasteiger partial charge in [0.05, 0.1) is 0 Å². The van der Waals surface area contributed by atoms with Crippen LogP contribution in [-0.2, 0) is 0 Å². The maximum absolute atomic E-state index is 15.0. The molecule has 34 heavy (non-hydrogen) atoms. The van der Waals surface area contributed by atoms with Crippen molar-refractivity contribution in [3.63, 3.8) is 0 Å². The second-order valence-electron chi connectivity index (χ2n) is 8.69. The number of hydrogen-bond acceptors (Lipinski definition) is 0. The van der Waals surface area contributed by atoms with Crippen molar-refractivity contribution in [2.24, 2.45) is 0 Å². The lowest BCUT2D eigenvalue weighted by atomic mass is 9.60. The predicted molar refractivity (Wildman–Crippen MR) is 109 cm³/mol. The van der Waals surface area contributed by atoms with Gasteiger partial charge in [-0.1, -0.05) is 37.0 Å². The van der Waals surface area contributed by atoms with Crippen LogP contribution in [0, 0.1) is 58.2 Å². The van der Waals surface area contributed by atoms with Crippen LogP contribution in [0.3, 0.4) is 0 Å². The Labute approximate surface area is 190 Å². The van der Waals surface area contributed by atoms with E-state index in [0.29, 0.717) is 51.4 Å². The Kier molecular flexibility index (Phi) is 7.23. The van der Waals surface area contributed by atoms with Crippen molar-refractivity contribution in [2.75, 3.05) is 0 Å². The minimum atomic E-state index is -2.47. The Bertz CT molecular complexity index is 968. The van der Waals surface area contributed by atoms with E-state index >= 15 is 0 Å². The second kappa shape index (κ2) is 9.71. The molecule has 4 rings (SSSR count). The van der Waals surface area contributed by atoms with Gasteiger partial charge in [0.2, 0.25) is 0 Å². The van der Waals surface area contributed by atoms with Crippen LogP contribution in [0.2, 0.25) is 0 Å². The van der Waals surface area contributed by atoms with Crippen molar-refractivity contribution in [3.05, 3.63) is 58.2 Å². The fourth-order valence-corrected chi connectivity index (χ4v) is 9.70. The molecule has 2 aromatic carbocycles. The number of halogens is 10. The lowest BCUT2D eigenvalue weighted by Crippen LogP contribution is -2.52. The van der Waals surface area contributed by atoms with Gasteiger partial charge in [-0.15, -0.1) is 0 Å². The van der Waals surface area contributed by atoms with E-state index in [1.54, 1.807) is 0 Å². The first kappa shape index (κ1) is 25.3. The Balaban J connectivity index is 2.09. The first-order valence-corrected chi connectivity index (χ1v) is 12.4. The summed E-state index contributed by atoms with van der Waals surface area (Å²) in [5.74, 6) is -23.6. The van der Waals surface area contributed by atoms with Crippen LogP contribution < -0.4 is 10.9 Å². The molecule has 1 radical (unpaired) electrons. The molecule has 2 saturated carbocycles. The van der Waals surface area contributed by atoms with E-state index in [0.717, 1.165) is 0 Å². The van der Waals surface area contributed by atoms with Gasteiger partial charge >= 0.3 is 0 Å². The maximum Gasteiger partial charge on any atom is 0.200 e. The standard InChI is InChI=1S/C22H18BF10P/c24-13-11(14(25)18(29)21(32)17(13)28)23(12-15(26)19(30)22(33)20(31)16(12)27)34(9-5-1-2-6-9)10-7-3-4-8-10/h9-10H,1-8H2/q-1. The molecule has 0 bridgehead atoms. The van der Waals surface area contributed by atoms with Crippen LogP contribution in [0.4, 0.5) is 43.9 Å². The minimum Gasteiger partial charge on any atom is -0.293 e. The lowest BCUT2D eigenvalue weighted by Gasteiger charge is -2.48. The SMILES string of the molecule is Fc1c(F)c(F)c([B-](c2c(F)c(F)c(F)c(F)c2F)P(C2CCCC2)C2CCCC2)c(F)c1F. The Morgan fingerprint density at radius 1 is 0.412 bits per heavy atom. The number of hydrogen-bond donors (Lipinski definition) is 0. The molecule has 0 nitrogen and oxygen atoms in total. The second-order valence-corrected chi connectivity index (χ2v) is 11.6. The average molecular weight is 514 g/mol. The monoisotopic (exact) mass is 514 g/mol. The van der Waals surface area contributed by atoms with E-state index in [1.165, 1.54) is 0 Å². The van der Waals surface area contributed by atoms with E-state index in [9.17, 15) is 43.9 Å². The fourth-order valence-electron chi connectivity index (χ4n) is 5.29. The average Bonchev–Trinajstić information content (AvgIpc) is 3.54. The Morgan fingerprint density at radius 2 is 0.647 bits per heavy atom. The molecule has 2 aliphatic rings. The third-order valence-corrected chi connectivity index (χ3v) is 10.7. The molecule has 0 N–H and O–H groups in total. The molecule has 0 saturated heterocycles. The normalized spacial score (nSPS) is 17.6. The molecular formula is C22H18BF10P-. The Hall–Kier alpha value is -1.77. The molecule has 2 aromatic rings. The van der Waals surface area contributed by atoms with Gasteiger partial charge in [0, 0.05) is 0 Å². The molecule has 0 spiro atoms. The molecule has 0 aliphatic heterocycles. The summed E-state index contributed by atoms with van der Waals surface area (Å²) in [5, 5.41) is 0. The van der Waals surface area contributed by atoms with E-state index in [1.807, 2.05) is 0 Å². The van der Waals surface area contributed by atoms with Crippen molar-refractivity contribution < 1.29 is 43.9 Å². The fraction of sp³-hybridized carbons (Fsp3) is 0.455. The zero-order valence-electron chi connectivity index (χ0n) is 17.6. The summed E-state index contributed by atoms with van der Waals surface area (Å²) in [6.45, 7) is 0. The summed E-state index contributed by atoms with van der Waals surface area (Å²) in [6.07, 6.45) is 2.30. The van der Waals surface area contributed by atoms with Gasteiger partial charge in [-0.25, -0.2) is 43.9 Å². The van der Waals surface area contributed by atoms with Crippen LogP contribution in [-0.4, -0.2) is 17.8 Å². The van der Waals surface area contributed by atoms with E-state index in [-0.39, 0.29) is 0 Å². The summed E-state index contributed by atoms with van der Waals surface area (Å²) < 4.78 is 144. The van der Waals surface area contributed by atoms with Gasteiger partial charge in [0.25, 0.3) is 0 Å². The molecule has 2 fully saturated rings. The smallest absolute Gasteiger partial charge is 0.200 e. The zero-order valence-corrected chi connectivity index (χ0v) is 18.5. The van der Waals surface area contributed by atoms with Gasteiger partial charge in [0.15, 0.2) is 34.9 Å². The zero-order chi connectivity index (χ0) is 24.9. The molecular weight excluding hydrogens is 496 g/mol. The molecule has 2 aliphatic carbocycles. The van der Waals surface area contributed by atoms with Crippen molar-refractivity contribution in [3.8, 4) is 0 Å². The maximum atomic E-state index is 15.0. The molecule has 185 valence electrons. The van der Waals surface area contributed by atoms with E-state index in [4.69, 9.17) is 0 Å². The molecule has 0 heterocycles. The van der Waals surface area contributed by atoms with Gasteiger partial charge in [-0.05, 0) is 32.1 Å². The third-order valence-electron chi connectivity index (χ3n) is 6.83. The van der Waals surface area contributed by atoms with Gasteiger partial charge in [-0.2, -0.15) is 10.9 Å². The third kappa shape index (κ3) is 4.01. The molecule has 0 unspecified atom stereocenters. The summed E-state index contributed by atoms with van der Waals surface area (Å²) >= 11 is 0. The number of benzene rings is 2. The highest BCUT2D eigenvalue weighted by molar-refractivity contribution is 7.95. The quantitative estimate of drug-likeness (QED) is 0.140.